The Labute approximate surface area is 122 Å². The maximum absolute atomic E-state index is 11.7. The number of thiazole rings is 1. The second-order valence-electron chi connectivity index (χ2n) is 5.07. The summed E-state index contributed by atoms with van der Waals surface area (Å²) in [5.41, 5.74) is 10.1. The number of anilines is 2. The normalized spacial score (nSPS) is 14.2. The van der Waals surface area contributed by atoms with Crippen LogP contribution in [0.1, 0.15) is 23.8 Å². The van der Waals surface area contributed by atoms with E-state index in [1.807, 2.05) is 24.0 Å². The maximum atomic E-state index is 11.7. The molecule has 0 aliphatic carbocycles. The highest BCUT2D eigenvalue weighted by Gasteiger charge is 2.20. The number of benzene rings is 1. The Kier molecular flexibility index (Phi) is 3.22. The summed E-state index contributed by atoms with van der Waals surface area (Å²) in [4.78, 5) is 19.1. The van der Waals surface area contributed by atoms with E-state index in [0.29, 0.717) is 5.13 Å². The van der Waals surface area contributed by atoms with Crippen molar-refractivity contribution in [1.82, 2.24) is 4.98 Å². The van der Waals surface area contributed by atoms with Crippen molar-refractivity contribution in [3.8, 4) is 11.3 Å². The van der Waals surface area contributed by atoms with Gasteiger partial charge in [0.25, 0.3) is 0 Å². The molecule has 0 spiro atoms. The first-order valence-corrected chi connectivity index (χ1v) is 7.52. The number of hydrogen-bond acceptors (Lipinski definition) is 4. The van der Waals surface area contributed by atoms with Crippen LogP contribution in [0.5, 0.6) is 0 Å². The topological polar surface area (TPSA) is 59.2 Å². The number of aryl methyl sites for hydroxylation is 2. The Hall–Kier alpha value is -1.88. The van der Waals surface area contributed by atoms with Crippen molar-refractivity contribution in [2.75, 3.05) is 17.2 Å². The number of carbonyl (C=O) groups excluding carboxylic acids is 1. The summed E-state index contributed by atoms with van der Waals surface area (Å²) >= 11 is 1.51. The summed E-state index contributed by atoms with van der Waals surface area (Å²) in [6.07, 6.45) is 2.01. The lowest BCUT2D eigenvalue weighted by Gasteiger charge is -2.28. The Morgan fingerprint density at radius 2 is 2.25 bits per heavy atom. The van der Waals surface area contributed by atoms with Gasteiger partial charge in [0.05, 0.1) is 5.69 Å². The summed E-state index contributed by atoms with van der Waals surface area (Å²) in [5, 5.41) is 0.598. The van der Waals surface area contributed by atoms with Crippen LogP contribution in [0.2, 0.25) is 0 Å². The zero-order valence-corrected chi connectivity index (χ0v) is 12.5. The van der Waals surface area contributed by atoms with Gasteiger partial charge in [-0.1, -0.05) is 6.07 Å². The first kappa shape index (κ1) is 13.1. The average molecular weight is 287 g/mol. The quantitative estimate of drug-likeness (QED) is 0.877. The molecule has 2 N–H and O–H groups in total. The molecule has 0 saturated carbocycles. The van der Waals surface area contributed by atoms with Gasteiger partial charge in [-0.25, -0.2) is 4.98 Å². The molecule has 0 fully saturated rings. The molecule has 104 valence electrons. The number of amides is 1. The van der Waals surface area contributed by atoms with Crippen molar-refractivity contribution in [1.29, 1.82) is 0 Å². The molecule has 0 atom stereocenters. The zero-order valence-electron chi connectivity index (χ0n) is 11.6. The number of aromatic nitrogens is 1. The van der Waals surface area contributed by atoms with Crippen LogP contribution in [-0.4, -0.2) is 17.4 Å². The standard InChI is InChI=1S/C15H17N3OS/c1-9-14(17-15(16)20-9)12-5-6-13-11(8-12)4-3-7-18(13)10(2)19/h5-6,8H,3-4,7H2,1-2H3,(H2,16,17). The molecule has 3 rings (SSSR count). The number of fused-ring (bicyclic) bond motifs is 1. The first-order valence-electron chi connectivity index (χ1n) is 6.70. The highest BCUT2D eigenvalue weighted by atomic mass is 32.1. The summed E-state index contributed by atoms with van der Waals surface area (Å²) in [7, 11) is 0. The molecule has 1 aromatic heterocycles. The van der Waals surface area contributed by atoms with Crippen molar-refractivity contribution in [2.24, 2.45) is 0 Å². The van der Waals surface area contributed by atoms with Gasteiger partial charge in [0.15, 0.2) is 5.13 Å². The van der Waals surface area contributed by atoms with Crippen LogP contribution in [-0.2, 0) is 11.2 Å². The fraction of sp³-hybridized carbons (Fsp3) is 0.333. The van der Waals surface area contributed by atoms with E-state index in [1.54, 1.807) is 6.92 Å². The molecule has 2 heterocycles. The van der Waals surface area contributed by atoms with Crippen molar-refractivity contribution in [2.45, 2.75) is 26.7 Å². The van der Waals surface area contributed by atoms with E-state index in [9.17, 15) is 4.79 Å². The average Bonchev–Trinajstić information content (AvgIpc) is 2.76. The molecule has 0 unspecified atom stereocenters. The van der Waals surface area contributed by atoms with Gasteiger partial charge in [-0.05, 0) is 37.5 Å². The van der Waals surface area contributed by atoms with Gasteiger partial charge in [-0.3, -0.25) is 4.79 Å². The molecule has 1 aliphatic heterocycles. The summed E-state index contributed by atoms with van der Waals surface area (Å²) in [6.45, 7) is 4.46. The lowest BCUT2D eigenvalue weighted by molar-refractivity contribution is -0.116. The number of carbonyl (C=O) groups is 1. The largest absolute Gasteiger partial charge is 0.375 e. The molecular weight excluding hydrogens is 270 g/mol. The van der Waals surface area contributed by atoms with Crippen LogP contribution in [0.15, 0.2) is 18.2 Å². The van der Waals surface area contributed by atoms with Gasteiger partial charge >= 0.3 is 0 Å². The molecule has 1 aromatic carbocycles. The van der Waals surface area contributed by atoms with E-state index in [0.717, 1.165) is 41.2 Å². The Morgan fingerprint density at radius 3 is 2.90 bits per heavy atom. The highest BCUT2D eigenvalue weighted by Crippen LogP contribution is 2.34. The molecule has 4 nitrogen and oxygen atoms in total. The zero-order chi connectivity index (χ0) is 14.3. The van der Waals surface area contributed by atoms with Crippen LogP contribution in [0, 0.1) is 6.92 Å². The van der Waals surface area contributed by atoms with Gasteiger partial charge in [-0.2, -0.15) is 0 Å². The third-order valence-corrected chi connectivity index (χ3v) is 4.46. The molecule has 1 aliphatic rings. The number of nitrogens with two attached hydrogens (primary N) is 1. The van der Waals surface area contributed by atoms with E-state index in [4.69, 9.17) is 5.73 Å². The molecule has 0 saturated heterocycles. The van der Waals surface area contributed by atoms with E-state index in [-0.39, 0.29) is 5.91 Å². The van der Waals surface area contributed by atoms with Gasteiger partial charge < -0.3 is 10.6 Å². The summed E-state index contributed by atoms with van der Waals surface area (Å²) in [5.74, 6) is 0.104. The Morgan fingerprint density at radius 1 is 1.45 bits per heavy atom. The number of hydrogen-bond donors (Lipinski definition) is 1. The van der Waals surface area contributed by atoms with E-state index < -0.39 is 0 Å². The highest BCUT2D eigenvalue weighted by molar-refractivity contribution is 7.15. The molecule has 0 radical (unpaired) electrons. The van der Waals surface area contributed by atoms with Crippen LogP contribution < -0.4 is 10.6 Å². The summed E-state index contributed by atoms with van der Waals surface area (Å²) in [6, 6.07) is 6.20. The van der Waals surface area contributed by atoms with Crippen LogP contribution >= 0.6 is 11.3 Å². The van der Waals surface area contributed by atoms with Gasteiger partial charge in [-0.15, -0.1) is 11.3 Å². The lowest BCUT2D eigenvalue weighted by atomic mass is 9.98. The second-order valence-corrected chi connectivity index (χ2v) is 6.31. The molecule has 20 heavy (non-hydrogen) atoms. The van der Waals surface area contributed by atoms with Crippen molar-refractivity contribution in [3.63, 3.8) is 0 Å². The number of rotatable bonds is 1. The molecule has 1 amide bonds. The van der Waals surface area contributed by atoms with Gasteiger partial charge in [0.1, 0.15) is 0 Å². The van der Waals surface area contributed by atoms with Crippen LogP contribution in [0.25, 0.3) is 11.3 Å². The lowest BCUT2D eigenvalue weighted by Crippen LogP contribution is -2.33. The third kappa shape index (κ3) is 2.18. The fourth-order valence-electron chi connectivity index (χ4n) is 2.76. The number of nitrogens with zero attached hydrogens (tertiary/aromatic N) is 2. The monoisotopic (exact) mass is 287 g/mol. The molecule has 2 aromatic rings. The second kappa shape index (κ2) is 4.90. The van der Waals surface area contributed by atoms with Crippen LogP contribution in [0.3, 0.4) is 0 Å². The predicted molar refractivity (Wildman–Crippen MR) is 83.0 cm³/mol. The summed E-state index contributed by atoms with van der Waals surface area (Å²) < 4.78 is 0. The van der Waals surface area contributed by atoms with Gasteiger partial charge in [0, 0.05) is 29.6 Å². The van der Waals surface area contributed by atoms with E-state index in [2.05, 4.69) is 11.1 Å². The first-order chi connectivity index (χ1) is 9.56. The molecule has 5 heteroatoms. The smallest absolute Gasteiger partial charge is 0.223 e. The van der Waals surface area contributed by atoms with Crippen molar-refractivity contribution >= 4 is 28.1 Å². The Balaban J connectivity index is 2.05. The van der Waals surface area contributed by atoms with Crippen molar-refractivity contribution < 1.29 is 4.79 Å². The predicted octanol–water partition coefficient (Wildman–Crippen LogP) is 3.00. The molecule has 0 bridgehead atoms. The minimum Gasteiger partial charge on any atom is -0.375 e. The number of nitrogen functional groups attached to an aromatic ring is 1. The minimum atomic E-state index is 0.104. The maximum Gasteiger partial charge on any atom is 0.223 e. The van der Waals surface area contributed by atoms with Crippen molar-refractivity contribution in [3.05, 3.63) is 28.6 Å². The minimum absolute atomic E-state index is 0.104. The third-order valence-electron chi connectivity index (χ3n) is 3.66. The van der Waals surface area contributed by atoms with E-state index >= 15 is 0 Å². The van der Waals surface area contributed by atoms with E-state index in [1.165, 1.54) is 16.9 Å². The Bertz CT molecular complexity index is 678. The fourth-order valence-corrected chi connectivity index (χ4v) is 3.47. The van der Waals surface area contributed by atoms with Gasteiger partial charge in [0.2, 0.25) is 5.91 Å². The SMILES string of the molecule is CC(=O)N1CCCc2cc(-c3nc(N)sc3C)ccc21. The molecular formula is C15H17N3OS. The van der Waals surface area contributed by atoms with Crippen LogP contribution in [0.4, 0.5) is 10.8 Å².